The van der Waals surface area contributed by atoms with Crippen molar-refractivity contribution in [2.45, 2.75) is 31.7 Å². The fraction of sp³-hybridized carbons (Fsp3) is 0.333. The van der Waals surface area contributed by atoms with Crippen molar-refractivity contribution in [2.24, 2.45) is 0 Å². The molecule has 1 aromatic carbocycles. The van der Waals surface area contributed by atoms with Crippen molar-refractivity contribution >= 4 is 21.4 Å². The summed E-state index contributed by atoms with van der Waals surface area (Å²) in [5.41, 5.74) is -0.280. The third-order valence-corrected chi connectivity index (χ3v) is 5.60. The van der Waals surface area contributed by atoms with Gasteiger partial charge in [-0.15, -0.1) is 11.3 Å². The molecule has 3 aromatic rings. The zero-order chi connectivity index (χ0) is 18.3. The molecule has 8 heteroatoms. The second-order valence-corrected chi connectivity index (χ2v) is 7.24. The second-order valence-electron chi connectivity index (χ2n) is 6.19. The average Bonchev–Trinajstić information content (AvgIpc) is 3.07. The molecular formula is C18H15F3N2O2S. The summed E-state index contributed by atoms with van der Waals surface area (Å²) in [6.45, 7) is 0.609. The van der Waals surface area contributed by atoms with Gasteiger partial charge in [-0.25, -0.2) is 0 Å². The molecule has 0 radical (unpaired) electrons. The molecule has 26 heavy (non-hydrogen) atoms. The van der Waals surface area contributed by atoms with Gasteiger partial charge in [0.05, 0.1) is 11.8 Å². The van der Waals surface area contributed by atoms with Crippen LogP contribution in [0, 0.1) is 0 Å². The van der Waals surface area contributed by atoms with Gasteiger partial charge in [0, 0.05) is 16.9 Å². The Kier molecular flexibility index (Phi) is 4.32. The Morgan fingerprint density at radius 1 is 1.19 bits per heavy atom. The van der Waals surface area contributed by atoms with Crippen LogP contribution in [-0.4, -0.2) is 16.4 Å². The molecule has 0 amide bonds. The molecule has 1 fully saturated rings. The summed E-state index contributed by atoms with van der Waals surface area (Å²) in [6.07, 6.45) is -0.398. The van der Waals surface area contributed by atoms with Crippen LogP contribution in [0.2, 0.25) is 0 Å². The number of aromatic nitrogens is 2. The number of fused-ring (bicyclic) bond motifs is 1. The van der Waals surface area contributed by atoms with Gasteiger partial charge in [-0.05, 0) is 43.0 Å². The van der Waals surface area contributed by atoms with E-state index in [9.17, 15) is 18.0 Å². The molecule has 4 nitrogen and oxygen atoms in total. The molecule has 1 saturated heterocycles. The summed E-state index contributed by atoms with van der Waals surface area (Å²) < 4.78 is 45.6. The monoisotopic (exact) mass is 380 g/mol. The Morgan fingerprint density at radius 3 is 2.62 bits per heavy atom. The summed E-state index contributed by atoms with van der Waals surface area (Å²) in [5.74, 6) is 0. The van der Waals surface area contributed by atoms with Gasteiger partial charge in [-0.1, -0.05) is 12.1 Å². The van der Waals surface area contributed by atoms with Crippen LogP contribution < -0.4 is 5.56 Å². The summed E-state index contributed by atoms with van der Waals surface area (Å²) >= 11 is 1.26. The first-order valence-corrected chi connectivity index (χ1v) is 9.06. The third kappa shape index (κ3) is 3.14. The van der Waals surface area contributed by atoms with Crippen molar-refractivity contribution < 1.29 is 17.9 Å². The van der Waals surface area contributed by atoms with Crippen LogP contribution in [0.4, 0.5) is 13.2 Å². The number of ether oxygens (including phenoxy) is 1. The van der Waals surface area contributed by atoms with Gasteiger partial charge in [-0.2, -0.15) is 23.0 Å². The quantitative estimate of drug-likeness (QED) is 0.639. The maximum atomic E-state index is 12.7. The Balaban J connectivity index is 1.71. The van der Waals surface area contributed by atoms with Gasteiger partial charge in [0.25, 0.3) is 5.56 Å². The van der Waals surface area contributed by atoms with Crippen LogP contribution in [-0.2, 0) is 10.9 Å². The zero-order valence-electron chi connectivity index (χ0n) is 13.6. The number of benzene rings is 1. The van der Waals surface area contributed by atoms with Gasteiger partial charge in [-0.3, -0.25) is 4.79 Å². The van der Waals surface area contributed by atoms with E-state index in [0.717, 1.165) is 36.3 Å². The Labute approximate surface area is 150 Å². The summed E-state index contributed by atoms with van der Waals surface area (Å²) in [5, 5.41) is 4.90. The lowest BCUT2D eigenvalue weighted by atomic mass is 10.1. The largest absolute Gasteiger partial charge is 0.416 e. The summed E-state index contributed by atoms with van der Waals surface area (Å²) in [6, 6.07) is 6.72. The van der Waals surface area contributed by atoms with E-state index in [1.165, 1.54) is 28.2 Å². The predicted octanol–water partition coefficient (Wildman–Crippen LogP) is 4.84. The molecule has 0 saturated carbocycles. The molecule has 1 unspecified atom stereocenters. The highest BCUT2D eigenvalue weighted by molar-refractivity contribution is 7.22. The highest BCUT2D eigenvalue weighted by Gasteiger charge is 2.30. The van der Waals surface area contributed by atoms with Crippen LogP contribution in [0.5, 0.6) is 0 Å². The highest BCUT2D eigenvalue weighted by Crippen LogP contribution is 2.35. The minimum atomic E-state index is -4.36. The first-order chi connectivity index (χ1) is 12.4. The Hall–Kier alpha value is -2.19. The fourth-order valence-electron chi connectivity index (χ4n) is 3.04. The van der Waals surface area contributed by atoms with Crippen LogP contribution in [0.15, 0.2) is 41.3 Å². The molecule has 0 aliphatic carbocycles. The Morgan fingerprint density at radius 2 is 1.96 bits per heavy atom. The second kappa shape index (κ2) is 6.51. The molecule has 1 atom stereocenters. The summed E-state index contributed by atoms with van der Waals surface area (Å²) in [4.78, 5) is 13.5. The minimum absolute atomic E-state index is 0.224. The highest BCUT2D eigenvalue weighted by atomic mass is 32.1. The number of thiophene rings is 1. The molecule has 136 valence electrons. The van der Waals surface area contributed by atoms with E-state index in [-0.39, 0.29) is 11.8 Å². The van der Waals surface area contributed by atoms with Crippen molar-refractivity contribution in [2.75, 3.05) is 6.61 Å². The predicted molar refractivity (Wildman–Crippen MR) is 93.2 cm³/mol. The van der Waals surface area contributed by atoms with Gasteiger partial charge < -0.3 is 4.74 Å². The van der Waals surface area contributed by atoms with Gasteiger partial charge in [0.15, 0.2) is 6.23 Å². The average molecular weight is 380 g/mol. The lowest BCUT2D eigenvalue weighted by Crippen LogP contribution is -2.30. The van der Waals surface area contributed by atoms with Crippen molar-refractivity contribution in [3.8, 4) is 10.4 Å². The zero-order valence-corrected chi connectivity index (χ0v) is 14.4. The SMILES string of the molecule is O=c1c2sc(-c3ccc(C(F)(F)F)cc3)cc2cnn1C1CCCCO1. The van der Waals surface area contributed by atoms with E-state index in [1.54, 1.807) is 12.3 Å². The van der Waals surface area contributed by atoms with Crippen molar-refractivity contribution in [3.63, 3.8) is 0 Å². The fourth-order valence-corrected chi connectivity index (χ4v) is 4.11. The molecule has 0 spiro atoms. The number of hydrogen-bond acceptors (Lipinski definition) is 4. The van der Waals surface area contributed by atoms with E-state index in [2.05, 4.69) is 5.10 Å². The van der Waals surface area contributed by atoms with Gasteiger partial charge >= 0.3 is 6.18 Å². The number of hydrogen-bond donors (Lipinski definition) is 0. The smallest absolute Gasteiger partial charge is 0.356 e. The lowest BCUT2D eigenvalue weighted by molar-refractivity contribution is -0.137. The number of alkyl halides is 3. The van der Waals surface area contributed by atoms with Crippen LogP contribution in [0.25, 0.3) is 20.5 Å². The standard InChI is InChI=1S/C18H15F3N2O2S/c19-18(20,21)13-6-4-11(5-7-13)14-9-12-10-22-23(17(24)16(12)26-14)15-3-1-2-8-25-15/h4-7,9-10,15H,1-3,8H2. The minimum Gasteiger partial charge on any atom is -0.356 e. The molecule has 0 bridgehead atoms. The molecule has 4 rings (SSSR count). The molecule has 2 aromatic heterocycles. The maximum absolute atomic E-state index is 12.7. The molecule has 0 N–H and O–H groups in total. The number of nitrogens with zero attached hydrogens (tertiary/aromatic N) is 2. The first kappa shape index (κ1) is 17.2. The third-order valence-electron chi connectivity index (χ3n) is 4.41. The van der Waals surface area contributed by atoms with Crippen molar-refractivity contribution in [3.05, 3.63) is 52.4 Å². The molecule has 3 heterocycles. The van der Waals surface area contributed by atoms with E-state index in [4.69, 9.17) is 4.74 Å². The lowest BCUT2D eigenvalue weighted by Gasteiger charge is -2.23. The van der Waals surface area contributed by atoms with E-state index in [1.807, 2.05) is 0 Å². The normalized spacial score (nSPS) is 18.3. The first-order valence-electron chi connectivity index (χ1n) is 8.24. The van der Waals surface area contributed by atoms with E-state index in [0.29, 0.717) is 22.3 Å². The summed E-state index contributed by atoms with van der Waals surface area (Å²) in [7, 11) is 0. The number of halogens is 3. The van der Waals surface area contributed by atoms with E-state index < -0.39 is 11.7 Å². The van der Waals surface area contributed by atoms with E-state index >= 15 is 0 Å². The number of rotatable bonds is 2. The van der Waals surface area contributed by atoms with Crippen molar-refractivity contribution in [1.82, 2.24) is 9.78 Å². The maximum Gasteiger partial charge on any atom is 0.416 e. The van der Waals surface area contributed by atoms with Crippen LogP contribution in [0.3, 0.4) is 0 Å². The van der Waals surface area contributed by atoms with Crippen molar-refractivity contribution in [1.29, 1.82) is 0 Å². The molecule has 1 aliphatic rings. The molecular weight excluding hydrogens is 365 g/mol. The van der Waals surface area contributed by atoms with Crippen LogP contribution in [0.1, 0.15) is 31.1 Å². The topological polar surface area (TPSA) is 44.1 Å². The van der Waals surface area contributed by atoms with Crippen LogP contribution >= 0.6 is 11.3 Å². The van der Waals surface area contributed by atoms with Gasteiger partial charge in [0.2, 0.25) is 0 Å². The Bertz CT molecular complexity index is 986. The van der Waals surface area contributed by atoms with Gasteiger partial charge in [0.1, 0.15) is 4.70 Å². The molecule has 1 aliphatic heterocycles.